The Morgan fingerprint density at radius 3 is 2.46 bits per heavy atom. The Morgan fingerprint density at radius 2 is 1.82 bits per heavy atom. The van der Waals surface area contributed by atoms with Gasteiger partial charge < -0.3 is 20.3 Å². The molecule has 1 aromatic carbocycles. The van der Waals surface area contributed by atoms with E-state index in [1.54, 1.807) is 4.90 Å². The minimum atomic E-state index is -0.467. The number of quaternary nitrogens is 2. The molecule has 0 spiro atoms. The first-order valence-corrected chi connectivity index (χ1v) is 10.5. The van der Waals surface area contributed by atoms with Crippen molar-refractivity contribution in [2.45, 2.75) is 43.7 Å². The van der Waals surface area contributed by atoms with Crippen molar-refractivity contribution in [3.63, 3.8) is 0 Å². The van der Waals surface area contributed by atoms with Gasteiger partial charge in [-0.05, 0) is 12.8 Å². The summed E-state index contributed by atoms with van der Waals surface area (Å²) in [5, 5.41) is 7.07. The maximum Gasteiger partial charge on any atom is 0.321 e. The Kier molecular flexibility index (Phi) is 7.42. The number of nitrogens with one attached hydrogen (secondary N) is 3. The highest BCUT2D eigenvalue weighted by Gasteiger charge is 2.45. The van der Waals surface area contributed by atoms with Crippen molar-refractivity contribution in [2.24, 2.45) is 0 Å². The lowest BCUT2D eigenvalue weighted by Gasteiger charge is -2.44. The van der Waals surface area contributed by atoms with Crippen molar-refractivity contribution in [3.8, 4) is 0 Å². The van der Waals surface area contributed by atoms with E-state index in [0.29, 0.717) is 0 Å². The van der Waals surface area contributed by atoms with Crippen LogP contribution in [0.5, 0.6) is 0 Å². The van der Waals surface area contributed by atoms with E-state index in [0.717, 1.165) is 38.4 Å². The van der Waals surface area contributed by atoms with Crippen molar-refractivity contribution < 1.29 is 24.5 Å². The topological polar surface area (TPSA) is 88.5 Å². The molecule has 2 aliphatic rings. The van der Waals surface area contributed by atoms with Crippen molar-refractivity contribution in [2.75, 3.05) is 39.9 Å². The van der Waals surface area contributed by atoms with Gasteiger partial charge in [-0.25, -0.2) is 4.79 Å². The number of rotatable bonds is 6. The zero-order valence-corrected chi connectivity index (χ0v) is 16.8. The molecule has 3 amide bonds. The van der Waals surface area contributed by atoms with Gasteiger partial charge in [0.2, 0.25) is 0 Å². The summed E-state index contributed by atoms with van der Waals surface area (Å²) in [5.74, 6) is -0.270. The molecular formula is C21H34N4O3+2. The van der Waals surface area contributed by atoms with Crippen LogP contribution in [0, 0.1) is 0 Å². The first-order chi connectivity index (χ1) is 13.6. The van der Waals surface area contributed by atoms with Crippen LogP contribution >= 0.6 is 0 Å². The number of nitrogens with two attached hydrogens (primary N) is 1. The quantitative estimate of drug-likeness (QED) is 0.521. The average molecular weight is 391 g/mol. The summed E-state index contributed by atoms with van der Waals surface area (Å²) < 4.78 is 5.59. The van der Waals surface area contributed by atoms with Gasteiger partial charge in [0.05, 0.1) is 13.2 Å². The molecule has 0 radical (unpaired) electrons. The molecule has 1 aliphatic carbocycles. The van der Waals surface area contributed by atoms with Crippen LogP contribution in [0.3, 0.4) is 0 Å². The van der Waals surface area contributed by atoms with Gasteiger partial charge in [0.25, 0.3) is 5.91 Å². The number of hydrogen-bond acceptors (Lipinski definition) is 3. The van der Waals surface area contributed by atoms with Crippen LogP contribution in [0.2, 0.25) is 0 Å². The zero-order valence-electron chi connectivity index (χ0n) is 16.8. The molecule has 5 N–H and O–H groups in total. The standard InChI is InChI=1S/C21H32N4O3/c1-22-20(27)24-19(26)18(17-8-4-2-5-9-17)23-16-21(10-6-3-7-11-21)25-12-14-28-15-13-25/h2,4-5,8-9,18,23H,3,6-7,10-16H2,1H3,(H2,22,24,26,27)/p+2/t18-/m0/s1. The maximum absolute atomic E-state index is 12.8. The van der Waals surface area contributed by atoms with Gasteiger partial charge in [-0.2, -0.15) is 0 Å². The molecule has 1 saturated carbocycles. The number of ether oxygens (including phenoxy) is 1. The van der Waals surface area contributed by atoms with E-state index in [1.165, 1.54) is 39.2 Å². The summed E-state index contributed by atoms with van der Waals surface area (Å²) >= 11 is 0. The fourth-order valence-electron chi connectivity index (χ4n) is 4.73. The summed E-state index contributed by atoms with van der Waals surface area (Å²) in [6.45, 7) is 4.58. The predicted octanol–water partition coefficient (Wildman–Crippen LogP) is -0.635. The van der Waals surface area contributed by atoms with Crippen LogP contribution in [0.15, 0.2) is 30.3 Å². The predicted molar refractivity (Wildman–Crippen MR) is 106 cm³/mol. The highest BCUT2D eigenvalue weighted by molar-refractivity contribution is 5.96. The summed E-state index contributed by atoms with van der Waals surface area (Å²) in [7, 11) is 1.52. The Balaban J connectivity index is 1.76. The van der Waals surface area contributed by atoms with Crippen LogP contribution in [0.4, 0.5) is 4.79 Å². The van der Waals surface area contributed by atoms with E-state index in [4.69, 9.17) is 4.74 Å². The molecule has 1 atom stereocenters. The Bertz CT molecular complexity index is 640. The Hall–Kier alpha value is -1.96. The van der Waals surface area contributed by atoms with Crippen molar-refractivity contribution >= 4 is 11.9 Å². The van der Waals surface area contributed by atoms with E-state index in [1.807, 2.05) is 30.3 Å². The van der Waals surface area contributed by atoms with Crippen molar-refractivity contribution in [1.29, 1.82) is 0 Å². The average Bonchev–Trinajstić information content (AvgIpc) is 2.76. The second kappa shape index (κ2) is 10.0. The number of imide groups is 1. The second-order valence-corrected chi connectivity index (χ2v) is 7.95. The van der Waals surface area contributed by atoms with E-state index < -0.39 is 12.1 Å². The summed E-state index contributed by atoms with van der Waals surface area (Å²) in [5.41, 5.74) is 1.11. The number of urea groups is 1. The molecule has 1 aromatic rings. The fourth-order valence-corrected chi connectivity index (χ4v) is 4.73. The number of carbonyl (C=O) groups excluding carboxylic acids is 2. The van der Waals surface area contributed by atoms with Crippen LogP contribution in [0.1, 0.15) is 43.7 Å². The number of morpholine rings is 1. The highest BCUT2D eigenvalue weighted by Crippen LogP contribution is 2.25. The van der Waals surface area contributed by atoms with Gasteiger partial charge in [-0.1, -0.05) is 36.8 Å². The Morgan fingerprint density at radius 1 is 1.14 bits per heavy atom. The third-order valence-corrected chi connectivity index (χ3v) is 6.31. The van der Waals surface area contributed by atoms with Crippen LogP contribution in [-0.2, 0) is 9.53 Å². The largest absolute Gasteiger partial charge is 0.370 e. The number of amides is 3. The molecular weight excluding hydrogens is 356 g/mol. The molecule has 28 heavy (non-hydrogen) atoms. The molecule has 3 rings (SSSR count). The third kappa shape index (κ3) is 5.10. The first kappa shape index (κ1) is 20.8. The van der Waals surface area contributed by atoms with Crippen molar-refractivity contribution in [1.82, 2.24) is 10.6 Å². The fraction of sp³-hybridized carbons (Fsp3) is 0.619. The monoisotopic (exact) mass is 390 g/mol. The maximum atomic E-state index is 12.8. The molecule has 0 bridgehead atoms. The van der Waals surface area contributed by atoms with Gasteiger partial charge in [0.1, 0.15) is 25.2 Å². The van der Waals surface area contributed by atoms with Gasteiger partial charge in [0.15, 0.2) is 6.04 Å². The molecule has 1 saturated heterocycles. The lowest BCUT2D eigenvalue weighted by molar-refractivity contribution is -0.976. The van der Waals surface area contributed by atoms with Crippen molar-refractivity contribution in [3.05, 3.63) is 35.9 Å². The van der Waals surface area contributed by atoms with E-state index in [-0.39, 0.29) is 11.4 Å². The highest BCUT2D eigenvalue weighted by atomic mass is 16.5. The SMILES string of the molecule is CNC(=O)NC(=O)[C@@H]([NH2+]CC1([NH+]2CCOCC2)CCCCC1)c1ccccc1. The second-order valence-electron chi connectivity index (χ2n) is 7.95. The number of benzene rings is 1. The number of carbonyl (C=O) groups is 2. The molecule has 0 unspecified atom stereocenters. The van der Waals surface area contributed by atoms with Gasteiger partial charge in [-0.15, -0.1) is 0 Å². The lowest BCUT2D eigenvalue weighted by atomic mass is 9.79. The van der Waals surface area contributed by atoms with Crippen LogP contribution < -0.4 is 20.9 Å². The summed E-state index contributed by atoms with van der Waals surface area (Å²) in [4.78, 5) is 26.2. The molecule has 2 fully saturated rings. The van der Waals surface area contributed by atoms with E-state index in [2.05, 4.69) is 16.0 Å². The van der Waals surface area contributed by atoms with Gasteiger partial charge in [0, 0.05) is 25.5 Å². The minimum Gasteiger partial charge on any atom is -0.370 e. The number of hydrogen-bond donors (Lipinski definition) is 4. The normalized spacial score (nSPS) is 20.9. The third-order valence-electron chi connectivity index (χ3n) is 6.31. The van der Waals surface area contributed by atoms with E-state index in [9.17, 15) is 9.59 Å². The summed E-state index contributed by atoms with van der Waals surface area (Å²) in [6, 6.07) is 8.83. The Labute approximate surface area is 167 Å². The molecule has 0 aromatic heterocycles. The van der Waals surface area contributed by atoms with Crippen LogP contribution in [0.25, 0.3) is 0 Å². The smallest absolute Gasteiger partial charge is 0.321 e. The minimum absolute atomic E-state index is 0.183. The van der Waals surface area contributed by atoms with Crippen LogP contribution in [-0.4, -0.2) is 57.4 Å². The summed E-state index contributed by atoms with van der Waals surface area (Å²) in [6.07, 6.45) is 6.18. The van der Waals surface area contributed by atoms with Gasteiger partial charge >= 0.3 is 6.03 Å². The first-order valence-electron chi connectivity index (χ1n) is 10.5. The molecule has 154 valence electrons. The zero-order chi connectivity index (χ0) is 19.8. The molecule has 7 nitrogen and oxygen atoms in total. The van der Waals surface area contributed by atoms with E-state index >= 15 is 0 Å². The molecule has 1 aliphatic heterocycles. The van der Waals surface area contributed by atoms with Gasteiger partial charge in [-0.3, -0.25) is 10.1 Å². The lowest BCUT2D eigenvalue weighted by Crippen LogP contribution is -3.25. The molecule has 7 heteroatoms. The molecule has 1 heterocycles.